The SMILES string of the molecule is O=C(O)N1CCCCC1Cc1ccccc1. The van der Waals surface area contributed by atoms with E-state index in [4.69, 9.17) is 5.11 Å². The van der Waals surface area contributed by atoms with E-state index in [9.17, 15) is 4.79 Å². The average Bonchev–Trinajstić information content (AvgIpc) is 2.31. The van der Waals surface area contributed by atoms with Crippen molar-refractivity contribution in [3.05, 3.63) is 35.9 Å². The average molecular weight is 219 g/mol. The molecule has 1 heterocycles. The quantitative estimate of drug-likeness (QED) is 0.830. The molecule has 1 aliphatic rings. The number of nitrogens with zero attached hydrogens (tertiary/aromatic N) is 1. The van der Waals surface area contributed by atoms with Crippen molar-refractivity contribution in [2.24, 2.45) is 0 Å². The second-order valence-corrected chi connectivity index (χ2v) is 4.32. The second kappa shape index (κ2) is 5.01. The summed E-state index contributed by atoms with van der Waals surface area (Å²) < 4.78 is 0. The summed E-state index contributed by atoms with van der Waals surface area (Å²) in [7, 11) is 0. The summed E-state index contributed by atoms with van der Waals surface area (Å²) in [6.07, 6.45) is 3.19. The molecule has 1 aromatic carbocycles. The predicted octanol–water partition coefficient (Wildman–Crippen LogP) is 2.76. The highest BCUT2D eigenvalue weighted by atomic mass is 16.4. The topological polar surface area (TPSA) is 40.5 Å². The van der Waals surface area contributed by atoms with Crippen molar-refractivity contribution >= 4 is 6.09 Å². The van der Waals surface area contributed by atoms with Gasteiger partial charge in [0, 0.05) is 12.6 Å². The van der Waals surface area contributed by atoms with Gasteiger partial charge in [0.1, 0.15) is 0 Å². The number of piperidine rings is 1. The Kier molecular flexibility index (Phi) is 3.44. The van der Waals surface area contributed by atoms with Crippen LogP contribution in [0.1, 0.15) is 24.8 Å². The van der Waals surface area contributed by atoms with Gasteiger partial charge in [-0.2, -0.15) is 0 Å². The van der Waals surface area contributed by atoms with Crippen LogP contribution in [0.5, 0.6) is 0 Å². The standard InChI is InChI=1S/C13H17NO2/c15-13(16)14-9-5-4-8-12(14)10-11-6-2-1-3-7-11/h1-3,6-7,12H,4-5,8-10H2,(H,15,16). The van der Waals surface area contributed by atoms with Gasteiger partial charge in [-0.05, 0) is 31.2 Å². The Bertz CT molecular complexity index is 350. The zero-order valence-corrected chi connectivity index (χ0v) is 9.30. The number of carboxylic acid groups (broad SMARTS) is 1. The fraction of sp³-hybridized carbons (Fsp3) is 0.462. The summed E-state index contributed by atoms with van der Waals surface area (Å²) in [4.78, 5) is 12.7. The molecule has 0 aromatic heterocycles. The molecule has 1 fully saturated rings. The van der Waals surface area contributed by atoms with Gasteiger partial charge >= 0.3 is 6.09 Å². The molecule has 1 aliphatic heterocycles. The zero-order valence-electron chi connectivity index (χ0n) is 9.30. The first kappa shape index (κ1) is 11.0. The van der Waals surface area contributed by atoms with Crippen molar-refractivity contribution in [2.75, 3.05) is 6.54 Å². The maximum atomic E-state index is 11.1. The zero-order chi connectivity index (χ0) is 11.4. The molecule has 1 unspecified atom stereocenters. The van der Waals surface area contributed by atoms with E-state index >= 15 is 0 Å². The van der Waals surface area contributed by atoms with Gasteiger partial charge in [0.15, 0.2) is 0 Å². The van der Waals surface area contributed by atoms with Crippen LogP contribution in [0, 0.1) is 0 Å². The number of amides is 1. The minimum Gasteiger partial charge on any atom is -0.465 e. The van der Waals surface area contributed by atoms with E-state index in [0.29, 0.717) is 6.54 Å². The van der Waals surface area contributed by atoms with Gasteiger partial charge in [-0.3, -0.25) is 0 Å². The van der Waals surface area contributed by atoms with Gasteiger partial charge < -0.3 is 10.0 Å². The summed E-state index contributed by atoms with van der Waals surface area (Å²) in [5.41, 5.74) is 1.22. The Labute approximate surface area is 95.7 Å². The largest absolute Gasteiger partial charge is 0.465 e. The highest BCUT2D eigenvalue weighted by molar-refractivity contribution is 5.65. The molecule has 0 saturated carbocycles. The number of carbonyl (C=O) groups is 1. The molecule has 3 nitrogen and oxygen atoms in total. The molecular weight excluding hydrogens is 202 g/mol. The molecule has 0 radical (unpaired) electrons. The lowest BCUT2D eigenvalue weighted by Gasteiger charge is -2.33. The lowest BCUT2D eigenvalue weighted by Crippen LogP contribution is -2.44. The van der Waals surface area contributed by atoms with Crippen LogP contribution in [0.25, 0.3) is 0 Å². The highest BCUT2D eigenvalue weighted by Gasteiger charge is 2.26. The van der Waals surface area contributed by atoms with E-state index in [2.05, 4.69) is 12.1 Å². The molecule has 1 saturated heterocycles. The molecule has 1 aromatic rings. The third-order valence-corrected chi connectivity index (χ3v) is 3.19. The van der Waals surface area contributed by atoms with Gasteiger partial charge in [-0.25, -0.2) is 4.79 Å². The van der Waals surface area contributed by atoms with Crippen LogP contribution in [-0.4, -0.2) is 28.7 Å². The van der Waals surface area contributed by atoms with E-state index < -0.39 is 6.09 Å². The number of hydrogen-bond donors (Lipinski definition) is 1. The van der Waals surface area contributed by atoms with E-state index in [0.717, 1.165) is 25.7 Å². The van der Waals surface area contributed by atoms with Crippen LogP contribution in [0.2, 0.25) is 0 Å². The molecule has 86 valence electrons. The monoisotopic (exact) mass is 219 g/mol. The number of rotatable bonds is 2. The maximum absolute atomic E-state index is 11.1. The Morgan fingerprint density at radius 3 is 2.75 bits per heavy atom. The summed E-state index contributed by atoms with van der Waals surface area (Å²) in [6.45, 7) is 0.687. The molecule has 3 heteroatoms. The molecule has 16 heavy (non-hydrogen) atoms. The fourth-order valence-corrected chi connectivity index (χ4v) is 2.35. The number of benzene rings is 1. The van der Waals surface area contributed by atoms with Crippen molar-refractivity contribution in [3.8, 4) is 0 Å². The molecule has 1 atom stereocenters. The molecule has 0 aliphatic carbocycles. The van der Waals surface area contributed by atoms with Crippen LogP contribution < -0.4 is 0 Å². The van der Waals surface area contributed by atoms with Crippen LogP contribution in [0.3, 0.4) is 0 Å². The first-order valence-electron chi connectivity index (χ1n) is 5.81. The number of hydrogen-bond acceptors (Lipinski definition) is 1. The maximum Gasteiger partial charge on any atom is 0.407 e. The van der Waals surface area contributed by atoms with Gasteiger partial charge in [-0.1, -0.05) is 30.3 Å². The van der Waals surface area contributed by atoms with Crippen molar-refractivity contribution in [2.45, 2.75) is 31.7 Å². The Hall–Kier alpha value is -1.51. The van der Waals surface area contributed by atoms with Crippen LogP contribution in [0.4, 0.5) is 4.79 Å². The van der Waals surface area contributed by atoms with E-state index in [1.54, 1.807) is 4.90 Å². The van der Waals surface area contributed by atoms with Gasteiger partial charge in [0.2, 0.25) is 0 Å². The fourth-order valence-electron chi connectivity index (χ4n) is 2.35. The second-order valence-electron chi connectivity index (χ2n) is 4.32. The van der Waals surface area contributed by atoms with Gasteiger partial charge in [0.25, 0.3) is 0 Å². The Balaban J connectivity index is 2.04. The molecule has 1 N–H and O–H groups in total. The van der Waals surface area contributed by atoms with Crippen molar-refractivity contribution in [3.63, 3.8) is 0 Å². The van der Waals surface area contributed by atoms with Crippen LogP contribution >= 0.6 is 0 Å². The minimum atomic E-state index is -0.777. The molecule has 0 spiro atoms. The summed E-state index contributed by atoms with van der Waals surface area (Å²) >= 11 is 0. The smallest absolute Gasteiger partial charge is 0.407 e. The minimum absolute atomic E-state index is 0.161. The van der Waals surface area contributed by atoms with Crippen molar-refractivity contribution in [1.82, 2.24) is 4.90 Å². The van der Waals surface area contributed by atoms with E-state index in [1.807, 2.05) is 18.2 Å². The van der Waals surface area contributed by atoms with Crippen LogP contribution in [0.15, 0.2) is 30.3 Å². The Morgan fingerprint density at radius 1 is 1.31 bits per heavy atom. The van der Waals surface area contributed by atoms with Crippen molar-refractivity contribution in [1.29, 1.82) is 0 Å². The molecule has 2 rings (SSSR count). The molecule has 1 amide bonds. The lowest BCUT2D eigenvalue weighted by molar-refractivity contribution is 0.106. The number of likely N-dealkylation sites (tertiary alicyclic amines) is 1. The molecule has 0 bridgehead atoms. The predicted molar refractivity (Wildman–Crippen MR) is 62.5 cm³/mol. The molecular formula is C13H17NO2. The first-order chi connectivity index (χ1) is 7.77. The van der Waals surface area contributed by atoms with E-state index in [-0.39, 0.29) is 6.04 Å². The first-order valence-corrected chi connectivity index (χ1v) is 5.81. The summed E-state index contributed by atoms with van der Waals surface area (Å²) in [6, 6.07) is 10.3. The van der Waals surface area contributed by atoms with Crippen molar-refractivity contribution < 1.29 is 9.90 Å². The summed E-state index contributed by atoms with van der Waals surface area (Å²) in [5.74, 6) is 0. The van der Waals surface area contributed by atoms with Gasteiger partial charge in [0.05, 0.1) is 0 Å². The van der Waals surface area contributed by atoms with Crippen LogP contribution in [-0.2, 0) is 6.42 Å². The van der Waals surface area contributed by atoms with E-state index in [1.165, 1.54) is 5.56 Å². The summed E-state index contributed by atoms with van der Waals surface area (Å²) in [5, 5.41) is 9.11. The Morgan fingerprint density at radius 2 is 2.06 bits per heavy atom. The lowest BCUT2D eigenvalue weighted by atomic mass is 9.96. The third-order valence-electron chi connectivity index (χ3n) is 3.19. The van der Waals surface area contributed by atoms with Gasteiger partial charge in [-0.15, -0.1) is 0 Å². The normalized spacial score (nSPS) is 20.8. The highest BCUT2D eigenvalue weighted by Crippen LogP contribution is 2.20. The third kappa shape index (κ3) is 2.54.